The molecule has 9 heteroatoms. The van der Waals surface area contributed by atoms with E-state index in [9.17, 15) is 10.2 Å². The summed E-state index contributed by atoms with van der Waals surface area (Å²) in [5.41, 5.74) is 6.51. The summed E-state index contributed by atoms with van der Waals surface area (Å²) >= 11 is 14.1. The van der Waals surface area contributed by atoms with Gasteiger partial charge in [0.15, 0.2) is 0 Å². The standard InChI is InChI=1S/C26H18Br2O2.C26H16Br2.C2H4O2.Zn/c27-19-13-9-17(10-14-19)25(29)21-5-1-2-6-22(21)26(30,18-11-15-20(28)16-12-18)24-8-4-3-7-23(24)25;27-19-13-9-17(10-14-19)25-21-5-1-2-6-22(21)26(18-11-15-20(28)16-12-18)24-8-4-3-7-23(24)25;1-2(3)4;/h1-16,29-30H;1-16H;1H3,(H,3,4);. The van der Waals surface area contributed by atoms with Gasteiger partial charge in [0.25, 0.3) is 5.97 Å². The van der Waals surface area contributed by atoms with Crippen molar-refractivity contribution >= 4 is 91.2 Å². The van der Waals surface area contributed by atoms with Crippen LogP contribution in [0.25, 0.3) is 43.8 Å². The van der Waals surface area contributed by atoms with E-state index in [-0.39, 0.29) is 19.5 Å². The summed E-state index contributed by atoms with van der Waals surface area (Å²) in [6.07, 6.45) is 0. The summed E-state index contributed by atoms with van der Waals surface area (Å²) in [6, 6.07) is 65.3. The smallest absolute Gasteiger partial charge is 0.300 e. The molecule has 0 saturated heterocycles. The molecule has 0 unspecified atom stereocenters. The molecule has 0 saturated carbocycles. The molecular formula is C54H38Br4O4Zn. The maximum absolute atomic E-state index is 12.2. The average Bonchev–Trinajstić information content (AvgIpc) is 3.29. The van der Waals surface area contributed by atoms with Gasteiger partial charge in [0.05, 0.1) is 0 Å². The number of hydrogen-bond donors (Lipinski definition) is 3. The van der Waals surface area contributed by atoms with Crippen molar-refractivity contribution in [1.82, 2.24) is 0 Å². The Morgan fingerprint density at radius 1 is 0.381 bits per heavy atom. The van der Waals surface area contributed by atoms with Gasteiger partial charge in [-0.15, -0.1) is 0 Å². The SMILES string of the molecule is Brc1ccc(-c2c3ccccc3c(-c3ccc(Br)cc3)c3ccccc23)cc1.CC(=O)O.OC1(c2ccc(Br)cc2)c2ccccc2C(O)(c2ccc(Br)cc2)c2ccccc21.[Zn]. The Morgan fingerprint density at radius 3 is 0.825 bits per heavy atom. The van der Waals surface area contributed by atoms with Gasteiger partial charge < -0.3 is 15.3 Å². The number of rotatable bonds is 4. The molecule has 0 aromatic heterocycles. The normalized spacial score (nSPS) is 16.0. The Hall–Kier alpha value is -4.57. The van der Waals surface area contributed by atoms with Gasteiger partial charge in [-0.2, -0.15) is 0 Å². The van der Waals surface area contributed by atoms with Crippen LogP contribution in [0.15, 0.2) is 212 Å². The van der Waals surface area contributed by atoms with Gasteiger partial charge in [-0.25, -0.2) is 0 Å². The fourth-order valence-corrected chi connectivity index (χ4v) is 9.56. The van der Waals surface area contributed by atoms with E-state index in [1.807, 2.05) is 97.1 Å². The Labute approximate surface area is 413 Å². The number of aliphatic hydroxyl groups is 2. The molecule has 9 aromatic carbocycles. The van der Waals surface area contributed by atoms with Crippen molar-refractivity contribution in [2.24, 2.45) is 0 Å². The van der Waals surface area contributed by atoms with Crippen molar-refractivity contribution in [2.45, 2.75) is 18.1 Å². The zero-order chi connectivity index (χ0) is 43.6. The molecule has 0 fully saturated rings. The molecule has 1 aliphatic rings. The second-order valence-electron chi connectivity index (χ2n) is 14.9. The van der Waals surface area contributed by atoms with Gasteiger partial charge in [-0.1, -0.05) is 209 Å². The van der Waals surface area contributed by atoms with Gasteiger partial charge in [0.2, 0.25) is 0 Å². The second-order valence-corrected chi connectivity index (χ2v) is 18.6. The molecule has 10 rings (SSSR count). The third-order valence-corrected chi connectivity index (χ3v) is 13.2. The van der Waals surface area contributed by atoms with Crippen LogP contribution in [-0.2, 0) is 35.5 Å². The summed E-state index contributed by atoms with van der Waals surface area (Å²) in [5, 5.41) is 37.0. The minimum absolute atomic E-state index is 0. The Kier molecular flexibility index (Phi) is 14.5. The van der Waals surface area contributed by atoms with Crippen molar-refractivity contribution in [2.75, 3.05) is 0 Å². The third-order valence-electron chi connectivity index (χ3n) is 11.1. The first-order chi connectivity index (χ1) is 29.9. The number of aliphatic carboxylic acids is 1. The van der Waals surface area contributed by atoms with Crippen LogP contribution in [0.2, 0.25) is 0 Å². The molecule has 1 aliphatic carbocycles. The largest absolute Gasteiger partial charge is 0.481 e. The van der Waals surface area contributed by atoms with Crippen molar-refractivity contribution in [3.63, 3.8) is 0 Å². The van der Waals surface area contributed by atoms with Crippen LogP contribution in [0.3, 0.4) is 0 Å². The van der Waals surface area contributed by atoms with Crippen LogP contribution >= 0.6 is 63.7 Å². The van der Waals surface area contributed by atoms with Crippen molar-refractivity contribution < 1.29 is 39.6 Å². The van der Waals surface area contributed by atoms with Gasteiger partial charge in [-0.05, 0) is 126 Å². The van der Waals surface area contributed by atoms with E-state index >= 15 is 0 Å². The molecule has 3 N–H and O–H groups in total. The van der Waals surface area contributed by atoms with Gasteiger partial charge in [0.1, 0.15) is 11.2 Å². The van der Waals surface area contributed by atoms with E-state index in [0.29, 0.717) is 22.3 Å². The maximum Gasteiger partial charge on any atom is 0.300 e. The first-order valence-corrected chi connectivity index (χ1v) is 22.9. The zero-order valence-electron chi connectivity index (χ0n) is 33.9. The molecule has 4 nitrogen and oxygen atoms in total. The van der Waals surface area contributed by atoms with E-state index in [4.69, 9.17) is 9.90 Å². The van der Waals surface area contributed by atoms with Crippen LogP contribution in [0.1, 0.15) is 40.3 Å². The Balaban J connectivity index is 0.000000172. The maximum atomic E-state index is 12.2. The average molecular weight is 1140 g/mol. The molecule has 0 bridgehead atoms. The first kappa shape index (κ1) is 46.4. The van der Waals surface area contributed by atoms with Crippen LogP contribution in [0.5, 0.6) is 0 Å². The van der Waals surface area contributed by atoms with Crippen LogP contribution in [-0.4, -0.2) is 21.3 Å². The number of carboxylic acids is 1. The van der Waals surface area contributed by atoms with Crippen molar-refractivity contribution in [3.8, 4) is 22.3 Å². The molecule has 0 aliphatic heterocycles. The fraction of sp³-hybridized carbons (Fsp3) is 0.0556. The van der Waals surface area contributed by atoms with E-state index < -0.39 is 17.2 Å². The van der Waals surface area contributed by atoms with E-state index in [1.165, 1.54) is 43.8 Å². The number of carbonyl (C=O) groups is 1. The second kappa shape index (κ2) is 19.7. The molecule has 0 atom stereocenters. The fourth-order valence-electron chi connectivity index (χ4n) is 8.51. The van der Waals surface area contributed by atoms with Crippen LogP contribution in [0.4, 0.5) is 0 Å². The minimum Gasteiger partial charge on any atom is -0.481 e. The molecule has 0 amide bonds. The first-order valence-electron chi connectivity index (χ1n) is 19.7. The summed E-state index contributed by atoms with van der Waals surface area (Å²) in [6.45, 7) is 1.08. The summed E-state index contributed by atoms with van der Waals surface area (Å²) in [7, 11) is 0. The number of benzene rings is 9. The quantitative estimate of drug-likeness (QED) is 0.121. The molecular weight excluding hydrogens is 1100 g/mol. The van der Waals surface area contributed by atoms with Crippen molar-refractivity contribution in [3.05, 3.63) is 245 Å². The molecule has 63 heavy (non-hydrogen) atoms. The number of fused-ring (bicyclic) bond motifs is 4. The molecule has 0 heterocycles. The van der Waals surface area contributed by atoms with Gasteiger partial charge in [-0.3, -0.25) is 4.79 Å². The van der Waals surface area contributed by atoms with Crippen molar-refractivity contribution in [1.29, 1.82) is 0 Å². The third kappa shape index (κ3) is 9.08. The molecule has 9 aromatic rings. The zero-order valence-corrected chi connectivity index (χ0v) is 43.3. The van der Waals surface area contributed by atoms with E-state index in [2.05, 4.69) is 161 Å². The summed E-state index contributed by atoms with van der Waals surface area (Å²) in [4.78, 5) is 9.00. The van der Waals surface area contributed by atoms with Gasteiger partial charge in [0, 0.05) is 44.3 Å². The monoisotopic (exact) mass is 1130 g/mol. The Bertz CT molecular complexity index is 2750. The predicted molar refractivity (Wildman–Crippen MR) is 266 cm³/mol. The van der Waals surface area contributed by atoms with Crippen LogP contribution in [0, 0.1) is 0 Å². The van der Waals surface area contributed by atoms with E-state index in [1.54, 1.807) is 0 Å². The number of carboxylic acid groups (broad SMARTS) is 1. The van der Waals surface area contributed by atoms with E-state index in [0.717, 1.165) is 35.9 Å². The summed E-state index contributed by atoms with van der Waals surface area (Å²) in [5.74, 6) is -0.833. The number of hydrogen-bond acceptors (Lipinski definition) is 3. The Morgan fingerprint density at radius 2 is 0.587 bits per heavy atom. The molecule has 308 valence electrons. The van der Waals surface area contributed by atoms with Crippen LogP contribution < -0.4 is 0 Å². The van der Waals surface area contributed by atoms with Gasteiger partial charge >= 0.3 is 0 Å². The predicted octanol–water partition coefficient (Wildman–Crippen LogP) is 15.0. The topological polar surface area (TPSA) is 77.8 Å². The number of halogens is 4. The molecule has 0 spiro atoms. The minimum atomic E-state index is -1.38. The molecule has 0 radical (unpaired) electrons. The summed E-state index contributed by atoms with van der Waals surface area (Å²) < 4.78 is 4.07.